The Morgan fingerprint density at radius 1 is 1.16 bits per heavy atom. The Morgan fingerprint density at radius 3 is 2.65 bits per heavy atom. The third kappa shape index (κ3) is 6.40. The lowest BCUT2D eigenvalue weighted by Crippen LogP contribution is -2.25. The van der Waals surface area contributed by atoms with Gasteiger partial charge in [0.25, 0.3) is 11.1 Å². The van der Waals surface area contributed by atoms with Crippen LogP contribution in [-0.2, 0) is 11.2 Å². The molecule has 2 aromatic carbocycles. The Kier molecular flexibility index (Phi) is 8.26. The summed E-state index contributed by atoms with van der Waals surface area (Å²) in [4.78, 5) is 23.3. The summed E-state index contributed by atoms with van der Waals surface area (Å²) in [6.45, 7) is 2.07. The van der Waals surface area contributed by atoms with E-state index < -0.39 is 17.3 Å². The standard InChI is InChI=1S/C22H21Cl2NO5S/c1-2-4-16-18(8-7-17(23)20(16)24)30-12-14(26)11-29-15-6-3-5-13(9-15)10-19-21(27)25-22(28)31-19/h3,5-10,14,26H,2,4,11-12H2,1H3,(H,25,27,28)/t14-/m0/s1. The lowest BCUT2D eigenvalue weighted by atomic mass is 10.1. The molecule has 0 aromatic heterocycles. The number of thioether (sulfide) groups is 1. The van der Waals surface area contributed by atoms with Crippen molar-refractivity contribution >= 4 is 52.2 Å². The molecule has 1 heterocycles. The van der Waals surface area contributed by atoms with Crippen molar-refractivity contribution in [2.24, 2.45) is 0 Å². The quantitative estimate of drug-likeness (QED) is 0.485. The van der Waals surface area contributed by atoms with E-state index in [2.05, 4.69) is 5.32 Å². The maximum atomic E-state index is 11.7. The predicted molar refractivity (Wildman–Crippen MR) is 123 cm³/mol. The molecule has 31 heavy (non-hydrogen) atoms. The molecule has 1 aliphatic heterocycles. The van der Waals surface area contributed by atoms with E-state index in [0.717, 1.165) is 23.7 Å². The van der Waals surface area contributed by atoms with Crippen molar-refractivity contribution in [2.75, 3.05) is 13.2 Å². The second-order valence-electron chi connectivity index (χ2n) is 6.79. The normalized spacial score (nSPS) is 15.8. The second kappa shape index (κ2) is 10.9. The minimum Gasteiger partial charge on any atom is -0.491 e. The fourth-order valence-electron chi connectivity index (χ4n) is 2.89. The van der Waals surface area contributed by atoms with Crippen LogP contribution in [0.15, 0.2) is 41.3 Å². The van der Waals surface area contributed by atoms with Crippen LogP contribution in [0.4, 0.5) is 4.79 Å². The summed E-state index contributed by atoms with van der Waals surface area (Å²) < 4.78 is 11.4. The molecule has 0 unspecified atom stereocenters. The van der Waals surface area contributed by atoms with Gasteiger partial charge in [0.1, 0.15) is 30.8 Å². The number of benzene rings is 2. The SMILES string of the molecule is CCCc1c(OC[C@@H](O)COc2cccc(C=C3SC(=O)NC3=O)c2)ccc(Cl)c1Cl. The van der Waals surface area contributed by atoms with Crippen molar-refractivity contribution in [1.29, 1.82) is 0 Å². The van der Waals surface area contributed by atoms with Crippen LogP contribution in [0.1, 0.15) is 24.5 Å². The van der Waals surface area contributed by atoms with Crippen molar-refractivity contribution in [3.8, 4) is 11.5 Å². The zero-order chi connectivity index (χ0) is 22.4. The van der Waals surface area contributed by atoms with E-state index in [4.69, 9.17) is 32.7 Å². The molecule has 2 amide bonds. The molecule has 1 atom stereocenters. The fraction of sp³-hybridized carbons (Fsp3) is 0.273. The highest BCUT2D eigenvalue weighted by atomic mass is 35.5. The molecule has 1 fully saturated rings. The molecule has 0 bridgehead atoms. The number of carbonyl (C=O) groups excluding carboxylic acids is 2. The third-order valence-corrected chi connectivity index (χ3v) is 5.98. The van der Waals surface area contributed by atoms with Crippen molar-refractivity contribution in [3.63, 3.8) is 0 Å². The monoisotopic (exact) mass is 481 g/mol. The molecule has 164 valence electrons. The van der Waals surface area contributed by atoms with Gasteiger partial charge in [-0.1, -0.05) is 48.7 Å². The first-order valence-corrected chi connectivity index (χ1v) is 11.2. The number of hydrogen-bond donors (Lipinski definition) is 2. The topological polar surface area (TPSA) is 84.9 Å². The van der Waals surface area contributed by atoms with Crippen LogP contribution in [0.2, 0.25) is 10.0 Å². The first-order chi connectivity index (χ1) is 14.9. The molecule has 0 saturated carbocycles. The Morgan fingerprint density at radius 2 is 1.94 bits per heavy atom. The van der Waals surface area contributed by atoms with Crippen LogP contribution in [0.5, 0.6) is 11.5 Å². The largest absolute Gasteiger partial charge is 0.491 e. The first-order valence-electron chi connectivity index (χ1n) is 9.62. The maximum Gasteiger partial charge on any atom is 0.290 e. The van der Waals surface area contributed by atoms with Gasteiger partial charge < -0.3 is 14.6 Å². The molecule has 6 nitrogen and oxygen atoms in total. The van der Waals surface area contributed by atoms with Gasteiger partial charge in [0.2, 0.25) is 0 Å². The molecular formula is C22H21Cl2NO5S. The van der Waals surface area contributed by atoms with Gasteiger partial charge in [-0.15, -0.1) is 0 Å². The van der Waals surface area contributed by atoms with E-state index in [9.17, 15) is 14.7 Å². The highest BCUT2D eigenvalue weighted by molar-refractivity contribution is 8.18. The molecule has 9 heteroatoms. The van der Waals surface area contributed by atoms with Gasteiger partial charge >= 0.3 is 0 Å². The summed E-state index contributed by atoms with van der Waals surface area (Å²) in [5.41, 5.74) is 1.52. The third-order valence-electron chi connectivity index (χ3n) is 4.32. The van der Waals surface area contributed by atoms with Crippen molar-refractivity contribution in [3.05, 3.63) is 62.5 Å². The Balaban J connectivity index is 1.57. The highest BCUT2D eigenvalue weighted by Crippen LogP contribution is 2.34. The zero-order valence-corrected chi connectivity index (χ0v) is 19.0. The van der Waals surface area contributed by atoms with Gasteiger partial charge in [-0.2, -0.15) is 0 Å². The van der Waals surface area contributed by atoms with Gasteiger partial charge in [-0.3, -0.25) is 14.9 Å². The summed E-state index contributed by atoms with van der Waals surface area (Å²) in [6, 6.07) is 10.4. The highest BCUT2D eigenvalue weighted by Gasteiger charge is 2.24. The number of aliphatic hydroxyl groups excluding tert-OH is 1. The van der Waals surface area contributed by atoms with Gasteiger partial charge in [0, 0.05) is 5.56 Å². The van der Waals surface area contributed by atoms with E-state index >= 15 is 0 Å². The van der Waals surface area contributed by atoms with Crippen molar-refractivity contribution in [2.45, 2.75) is 25.9 Å². The molecular weight excluding hydrogens is 461 g/mol. The van der Waals surface area contributed by atoms with Crippen molar-refractivity contribution in [1.82, 2.24) is 5.32 Å². The molecule has 3 rings (SSSR count). The summed E-state index contributed by atoms with van der Waals surface area (Å²) >= 11 is 13.2. The van der Waals surface area contributed by atoms with E-state index in [1.165, 1.54) is 0 Å². The number of carbonyl (C=O) groups is 2. The smallest absolute Gasteiger partial charge is 0.290 e. The number of aliphatic hydroxyl groups is 1. The molecule has 2 aromatic rings. The average molecular weight is 482 g/mol. The molecule has 1 saturated heterocycles. The van der Waals surface area contributed by atoms with Crippen molar-refractivity contribution < 1.29 is 24.2 Å². The lowest BCUT2D eigenvalue weighted by molar-refractivity contribution is -0.115. The number of ether oxygens (including phenoxy) is 2. The Bertz CT molecular complexity index is 1010. The minimum atomic E-state index is -0.875. The van der Waals surface area contributed by atoms with E-state index in [1.807, 2.05) is 6.92 Å². The zero-order valence-electron chi connectivity index (χ0n) is 16.7. The number of amides is 2. The summed E-state index contributed by atoms with van der Waals surface area (Å²) in [5, 5.41) is 13.0. The van der Waals surface area contributed by atoms with Crippen LogP contribution >= 0.6 is 35.0 Å². The summed E-state index contributed by atoms with van der Waals surface area (Å²) in [7, 11) is 0. The maximum absolute atomic E-state index is 11.7. The van der Waals surface area contributed by atoms with E-state index in [1.54, 1.807) is 42.5 Å². The molecule has 2 N–H and O–H groups in total. The van der Waals surface area contributed by atoms with Gasteiger partial charge in [0.15, 0.2) is 0 Å². The van der Waals surface area contributed by atoms with Gasteiger partial charge in [-0.25, -0.2) is 0 Å². The van der Waals surface area contributed by atoms with Crippen LogP contribution < -0.4 is 14.8 Å². The lowest BCUT2D eigenvalue weighted by Gasteiger charge is -2.17. The average Bonchev–Trinajstić information content (AvgIpc) is 3.06. The predicted octanol–water partition coefficient (Wildman–Crippen LogP) is 5.09. The number of nitrogens with one attached hydrogen (secondary N) is 1. The van der Waals surface area contributed by atoms with Crippen LogP contribution in [0.3, 0.4) is 0 Å². The van der Waals surface area contributed by atoms with Gasteiger partial charge in [-0.05, 0) is 54.1 Å². The molecule has 0 radical (unpaired) electrons. The number of rotatable bonds is 9. The molecule has 0 aliphatic carbocycles. The minimum absolute atomic E-state index is 0.0121. The second-order valence-corrected chi connectivity index (χ2v) is 8.59. The van der Waals surface area contributed by atoms with Crippen LogP contribution in [-0.4, -0.2) is 35.6 Å². The van der Waals surface area contributed by atoms with E-state index in [-0.39, 0.29) is 13.2 Å². The van der Waals surface area contributed by atoms with Gasteiger partial charge in [0.05, 0.1) is 15.0 Å². The molecule has 0 spiro atoms. The number of imide groups is 1. The van der Waals surface area contributed by atoms with Crippen LogP contribution in [0, 0.1) is 0 Å². The number of halogens is 2. The molecule has 1 aliphatic rings. The van der Waals surface area contributed by atoms with Crippen LogP contribution in [0.25, 0.3) is 6.08 Å². The van der Waals surface area contributed by atoms with E-state index in [0.29, 0.717) is 38.4 Å². The Hall–Kier alpha value is -2.19. The Labute approximate surface area is 194 Å². The summed E-state index contributed by atoms with van der Waals surface area (Å²) in [5.74, 6) is 0.689. The summed E-state index contributed by atoms with van der Waals surface area (Å²) in [6.07, 6.45) is 2.32. The first kappa shape index (κ1) is 23.5. The number of hydrogen-bond acceptors (Lipinski definition) is 6. The fourth-order valence-corrected chi connectivity index (χ4v) is 4.00.